The van der Waals surface area contributed by atoms with Crippen molar-refractivity contribution in [3.8, 4) is 0 Å². The van der Waals surface area contributed by atoms with E-state index in [1.54, 1.807) is 11.5 Å². The lowest BCUT2D eigenvalue weighted by atomic mass is 9.87. The summed E-state index contributed by atoms with van der Waals surface area (Å²) in [5, 5.41) is 1.27. The van der Waals surface area contributed by atoms with E-state index in [9.17, 15) is 8.42 Å². The number of fused-ring (bicyclic) bond motifs is 2. The predicted molar refractivity (Wildman–Crippen MR) is 141 cm³/mol. The Morgan fingerprint density at radius 1 is 1.09 bits per heavy atom. The van der Waals surface area contributed by atoms with Gasteiger partial charge in [0.25, 0.3) is 0 Å². The summed E-state index contributed by atoms with van der Waals surface area (Å²) in [6.07, 6.45) is 4.33. The maximum atomic E-state index is 12.1. The number of hydrogen-bond acceptors (Lipinski definition) is 6. The average Bonchev–Trinajstić information content (AvgIpc) is 3.27. The Balaban J connectivity index is 1.12. The van der Waals surface area contributed by atoms with Gasteiger partial charge in [-0.2, -0.15) is 4.37 Å². The molecule has 0 amide bonds. The van der Waals surface area contributed by atoms with Gasteiger partial charge in [-0.05, 0) is 72.5 Å². The summed E-state index contributed by atoms with van der Waals surface area (Å²) in [7, 11) is -3.15. The number of nitrogens with zero attached hydrogens (tertiary/aromatic N) is 3. The second-order valence-corrected chi connectivity index (χ2v) is 12.2. The third-order valence-corrected chi connectivity index (χ3v) is 9.52. The number of benzene rings is 2. The van der Waals surface area contributed by atoms with Crippen LogP contribution in [0.25, 0.3) is 10.1 Å². The maximum absolute atomic E-state index is 12.1. The number of hydrogen-bond donors (Lipinski definition) is 1. The van der Waals surface area contributed by atoms with Crippen molar-refractivity contribution in [2.24, 2.45) is 0 Å². The number of anilines is 1. The predicted octanol–water partition coefficient (Wildman–Crippen LogP) is 3.85. The van der Waals surface area contributed by atoms with Crippen LogP contribution in [0.15, 0.2) is 42.5 Å². The highest BCUT2D eigenvalue weighted by molar-refractivity contribution is 7.89. The van der Waals surface area contributed by atoms with Crippen molar-refractivity contribution in [1.29, 1.82) is 0 Å². The molecular formula is C26H34N4O2S2. The number of aryl methyl sites for hydroxylation is 1. The van der Waals surface area contributed by atoms with Gasteiger partial charge in [0.2, 0.25) is 10.0 Å². The highest BCUT2D eigenvalue weighted by Gasteiger charge is 2.24. The molecule has 182 valence electrons. The van der Waals surface area contributed by atoms with E-state index in [0.29, 0.717) is 6.42 Å². The van der Waals surface area contributed by atoms with Crippen LogP contribution in [-0.4, -0.2) is 62.2 Å². The van der Waals surface area contributed by atoms with Crippen molar-refractivity contribution >= 4 is 37.5 Å². The van der Waals surface area contributed by atoms with Crippen LogP contribution in [0.2, 0.25) is 0 Å². The standard InChI is InChI=1S/C26H34N4O2S2/c1-2-17-34(31,32)28-23-10-9-21-18-20(7-8-22(21)19-23)11-12-29-13-15-30(16-14-29)26-24-5-3-4-6-25(24)33-27-26/h3-8,18,23,28H,2,9-17,19H2,1H3. The zero-order valence-electron chi connectivity index (χ0n) is 19.9. The Morgan fingerprint density at radius 2 is 1.91 bits per heavy atom. The van der Waals surface area contributed by atoms with E-state index in [1.165, 1.54) is 26.8 Å². The molecule has 0 radical (unpaired) electrons. The molecule has 1 unspecified atom stereocenters. The molecule has 0 bridgehead atoms. The Labute approximate surface area is 207 Å². The lowest BCUT2D eigenvalue weighted by molar-refractivity contribution is 0.260. The van der Waals surface area contributed by atoms with Crippen molar-refractivity contribution < 1.29 is 8.42 Å². The molecule has 1 fully saturated rings. The Kier molecular flexibility index (Phi) is 7.20. The summed E-state index contributed by atoms with van der Waals surface area (Å²) in [5.41, 5.74) is 4.07. The molecule has 2 heterocycles. The van der Waals surface area contributed by atoms with Crippen LogP contribution in [0.4, 0.5) is 5.82 Å². The van der Waals surface area contributed by atoms with E-state index in [2.05, 4.69) is 57.0 Å². The van der Waals surface area contributed by atoms with Gasteiger partial charge in [0.15, 0.2) is 0 Å². The lowest BCUT2D eigenvalue weighted by Gasteiger charge is -2.35. The van der Waals surface area contributed by atoms with Gasteiger partial charge in [0.1, 0.15) is 5.82 Å². The van der Waals surface area contributed by atoms with Crippen LogP contribution >= 0.6 is 11.5 Å². The molecule has 3 aromatic rings. The molecule has 6 nitrogen and oxygen atoms in total. The van der Waals surface area contributed by atoms with Crippen molar-refractivity contribution in [1.82, 2.24) is 14.0 Å². The van der Waals surface area contributed by atoms with E-state index in [1.807, 2.05) is 6.92 Å². The number of sulfonamides is 1. The molecule has 0 saturated carbocycles. The smallest absolute Gasteiger partial charge is 0.211 e. The van der Waals surface area contributed by atoms with Crippen molar-refractivity contribution in [2.45, 2.75) is 45.1 Å². The van der Waals surface area contributed by atoms with Crippen molar-refractivity contribution in [2.75, 3.05) is 43.4 Å². The van der Waals surface area contributed by atoms with Gasteiger partial charge >= 0.3 is 0 Å². The normalized spacial score (nSPS) is 19.4. The second-order valence-electron chi connectivity index (χ2n) is 9.56. The summed E-state index contributed by atoms with van der Waals surface area (Å²) in [5.74, 6) is 1.36. The van der Waals surface area contributed by atoms with Crippen molar-refractivity contribution in [3.05, 3.63) is 59.2 Å². The van der Waals surface area contributed by atoms with Crippen LogP contribution in [0.5, 0.6) is 0 Å². The van der Waals surface area contributed by atoms with Crippen LogP contribution < -0.4 is 9.62 Å². The van der Waals surface area contributed by atoms with Gasteiger partial charge in [-0.1, -0.05) is 37.3 Å². The molecule has 0 spiro atoms. The van der Waals surface area contributed by atoms with Crippen LogP contribution in [0.1, 0.15) is 36.5 Å². The van der Waals surface area contributed by atoms with Crippen LogP contribution in [-0.2, 0) is 29.3 Å². The maximum Gasteiger partial charge on any atom is 0.211 e. The lowest BCUT2D eigenvalue weighted by Crippen LogP contribution is -2.47. The fourth-order valence-corrected chi connectivity index (χ4v) is 7.38. The first-order valence-electron chi connectivity index (χ1n) is 12.4. The van der Waals surface area contributed by atoms with Gasteiger partial charge < -0.3 is 4.90 Å². The minimum atomic E-state index is -3.15. The molecule has 1 N–H and O–H groups in total. The molecule has 1 aliphatic carbocycles. The molecular weight excluding hydrogens is 464 g/mol. The first kappa shape index (κ1) is 23.7. The fourth-order valence-electron chi connectivity index (χ4n) is 5.22. The summed E-state index contributed by atoms with van der Waals surface area (Å²) >= 11 is 1.59. The van der Waals surface area contributed by atoms with E-state index < -0.39 is 10.0 Å². The topological polar surface area (TPSA) is 65.5 Å². The average molecular weight is 499 g/mol. The molecule has 8 heteroatoms. The van der Waals surface area contributed by atoms with Gasteiger partial charge in [-0.3, -0.25) is 4.90 Å². The molecule has 1 aromatic heterocycles. The molecule has 2 aliphatic rings. The molecule has 1 saturated heterocycles. The quantitative estimate of drug-likeness (QED) is 0.511. The van der Waals surface area contributed by atoms with E-state index in [4.69, 9.17) is 4.37 Å². The van der Waals surface area contributed by atoms with Crippen LogP contribution in [0.3, 0.4) is 0 Å². The molecule has 5 rings (SSSR count). The molecule has 34 heavy (non-hydrogen) atoms. The number of rotatable bonds is 8. The Morgan fingerprint density at radius 3 is 2.74 bits per heavy atom. The minimum Gasteiger partial charge on any atom is -0.353 e. The first-order valence-corrected chi connectivity index (χ1v) is 14.9. The second kappa shape index (κ2) is 10.3. The summed E-state index contributed by atoms with van der Waals surface area (Å²) in [4.78, 5) is 4.99. The van der Waals surface area contributed by atoms with Gasteiger partial charge in [-0.15, -0.1) is 0 Å². The zero-order valence-corrected chi connectivity index (χ0v) is 21.5. The third-order valence-electron chi connectivity index (χ3n) is 7.07. The largest absolute Gasteiger partial charge is 0.353 e. The molecule has 1 aliphatic heterocycles. The number of nitrogens with one attached hydrogen (secondary N) is 1. The molecule has 2 aromatic carbocycles. The summed E-state index contributed by atoms with van der Waals surface area (Å²) in [6.45, 7) is 7.15. The monoisotopic (exact) mass is 498 g/mol. The van der Waals surface area contributed by atoms with E-state index in [0.717, 1.165) is 64.2 Å². The number of aromatic nitrogens is 1. The van der Waals surface area contributed by atoms with Crippen LogP contribution in [0, 0.1) is 0 Å². The Bertz CT molecular complexity index is 1230. The van der Waals surface area contributed by atoms with Gasteiger partial charge in [-0.25, -0.2) is 13.1 Å². The highest BCUT2D eigenvalue weighted by Crippen LogP contribution is 2.30. The summed E-state index contributed by atoms with van der Waals surface area (Å²) < 4.78 is 33.1. The van der Waals surface area contributed by atoms with Gasteiger partial charge in [0, 0.05) is 44.2 Å². The zero-order chi connectivity index (χ0) is 23.5. The fraction of sp³-hybridized carbons (Fsp3) is 0.500. The molecule has 1 atom stereocenters. The first-order chi connectivity index (χ1) is 16.5. The highest BCUT2D eigenvalue weighted by atomic mass is 32.2. The minimum absolute atomic E-state index is 0.0287. The van der Waals surface area contributed by atoms with E-state index >= 15 is 0 Å². The Hall–Kier alpha value is -2.00. The number of piperazine rings is 1. The third kappa shape index (κ3) is 5.46. The van der Waals surface area contributed by atoms with E-state index in [-0.39, 0.29) is 11.8 Å². The van der Waals surface area contributed by atoms with Gasteiger partial charge in [0.05, 0.1) is 10.5 Å². The summed E-state index contributed by atoms with van der Waals surface area (Å²) in [6, 6.07) is 15.3. The van der Waals surface area contributed by atoms with Crippen molar-refractivity contribution in [3.63, 3.8) is 0 Å². The SMILES string of the molecule is CCCS(=O)(=O)NC1CCc2cc(CCN3CCN(c4nsc5ccccc45)CC3)ccc2C1.